The lowest BCUT2D eigenvalue weighted by molar-refractivity contribution is -0.149. The number of carbonyl (C=O) groups is 3. The number of likely N-dealkylation sites (N-methyl/N-ethyl adjacent to an activating group) is 1. The van der Waals surface area contributed by atoms with Crippen LogP contribution in [0, 0.1) is 11.8 Å². The zero-order chi connectivity index (χ0) is 16.0. The summed E-state index contributed by atoms with van der Waals surface area (Å²) < 4.78 is 0. The van der Waals surface area contributed by atoms with Gasteiger partial charge in [-0.2, -0.15) is 0 Å². The maximum Gasteiger partial charge on any atom is 0.307 e. The molecule has 0 heterocycles. The van der Waals surface area contributed by atoms with Crippen molar-refractivity contribution in [3.63, 3.8) is 0 Å². The third kappa shape index (κ3) is 4.44. The minimum Gasteiger partial charge on any atom is -0.481 e. The summed E-state index contributed by atoms with van der Waals surface area (Å²) in [5, 5.41) is 11.9. The van der Waals surface area contributed by atoms with E-state index >= 15 is 0 Å². The molecular formula is C15H26N2O4. The van der Waals surface area contributed by atoms with E-state index < -0.39 is 23.8 Å². The second-order valence-electron chi connectivity index (χ2n) is 5.58. The van der Waals surface area contributed by atoms with Gasteiger partial charge in [0.15, 0.2) is 0 Å². The van der Waals surface area contributed by atoms with Gasteiger partial charge >= 0.3 is 5.97 Å². The average molecular weight is 298 g/mol. The van der Waals surface area contributed by atoms with Gasteiger partial charge in [-0.05, 0) is 33.6 Å². The number of hydrogen-bond acceptors (Lipinski definition) is 3. The Hall–Kier alpha value is -1.59. The monoisotopic (exact) mass is 298 g/mol. The van der Waals surface area contributed by atoms with Gasteiger partial charge in [-0.15, -0.1) is 0 Å². The summed E-state index contributed by atoms with van der Waals surface area (Å²) in [6, 6.07) is -0.617. The highest BCUT2D eigenvalue weighted by Crippen LogP contribution is 2.30. The van der Waals surface area contributed by atoms with Crippen molar-refractivity contribution in [3.05, 3.63) is 0 Å². The first-order valence-electron chi connectivity index (χ1n) is 7.74. The topological polar surface area (TPSA) is 86.7 Å². The fourth-order valence-electron chi connectivity index (χ4n) is 2.93. The van der Waals surface area contributed by atoms with Crippen LogP contribution in [0.4, 0.5) is 0 Å². The van der Waals surface area contributed by atoms with E-state index in [1.807, 2.05) is 13.8 Å². The number of carboxylic acid groups (broad SMARTS) is 1. The number of rotatable bonds is 6. The second-order valence-corrected chi connectivity index (χ2v) is 5.58. The maximum atomic E-state index is 12.3. The van der Waals surface area contributed by atoms with Gasteiger partial charge in [-0.25, -0.2) is 0 Å². The van der Waals surface area contributed by atoms with E-state index in [1.165, 1.54) is 0 Å². The highest BCUT2D eigenvalue weighted by molar-refractivity contribution is 5.90. The van der Waals surface area contributed by atoms with Gasteiger partial charge in [-0.1, -0.05) is 12.8 Å². The van der Waals surface area contributed by atoms with Gasteiger partial charge in [0.05, 0.1) is 11.8 Å². The van der Waals surface area contributed by atoms with Crippen molar-refractivity contribution in [2.75, 3.05) is 13.1 Å². The third-order valence-electron chi connectivity index (χ3n) is 4.22. The van der Waals surface area contributed by atoms with Gasteiger partial charge in [0.25, 0.3) is 0 Å². The summed E-state index contributed by atoms with van der Waals surface area (Å²) >= 11 is 0. The molecule has 0 aromatic heterocycles. The smallest absolute Gasteiger partial charge is 0.307 e. The Kier molecular flexibility index (Phi) is 6.65. The van der Waals surface area contributed by atoms with Gasteiger partial charge in [0.1, 0.15) is 6.04 Å². The molecule has 2 amide bonds. The van der Waals surface area contributed by atoms with Crippen molar-refractivity contribution in [2.45, 2.75) is 52.5 Å². The van der Waals surface area contributed by atoms with Crippen LogP contribution in [-0.4, -0.2) is 46.9 Å². The van der Waals surface area contributed by atoms with Crippen LogP contribution < -0.4 is 5.32 Å². The fourth-order valence-corrected chi connectivity index (χ4v) is 2.93. The largest absolute Gasteiger partial charge is 0.481 e. The van der Waals surface area contributed by atoms with Crippen LogP contribution in [-0.2, 0) is 14.4 Å². The number of aliphatic carboxylic acids is 1. The van der Waals surface area contributed by atoms with E-state index in [9.17, 15) is 19.5 Å². The zero-order valence-corrected chi connectivity index (χ0v) is 13.1. The summed E-state index contributed by atoms with van der Waals surface area (Å²) in [6.45, 7) is 6.61. The van der Waals surface area contributed by atoms with Crippen molar-refractivity contribution < 1.29 is 19.5 Å². The number of nitrogens with zero attached hydrogens (tertiary/aromatic N) is 1. The minimum absolute atomic E-state index is 0.129. The molecule has 1 rings (SSSR count). The second kappa shape index (κ2) is 8.00. The molecule has 1 saturated carbocycles. The van der Waals surface area contributed by atoms with Gasteiger partial charge < -0.3 is 15.3 Å². The maximum absolute atomic E-state index is 12.3. The normalized spacial score (nSPS) is 23.2. The fraction of sp³-hybridized carbons (Fsp3) is 0.800. The van der Waals surface area contributed by atoms with Crippen molar-refractivity contribution in [2.24, 2.45) is 11.8 Å². The highest BCUT2D eigenvalue weighted by atomic mass is 16.4. The molecule has 1 aliphatic carbocycles. The van der Waals surface area contributed by atoms with E-state index in [0.717, 1.165) is 12.8 Å². The molecule has 6 nitrogen and oxygen atoms in total. The summed E-state index contributed by atoms with van der Waals surface area (Å²) in [7, 11) is 0. The molecule has 1 aliphatic rings. The van der Waals surface area contributed by atoms with E-state index in [4.69, 9.17) is 0 Å². The minimum atomic E-state index is -0.919. The Morgan fingerprint density at radius 1 is 1.14 bits per heavy atom. The Labute approximate surface area is 125 Å². The SMILES string of the molecule is CCN(CC)C(=O)C(C)NC(=O)C1CCCCC1C(=O)O. The molecule has 21 heavy (non-hydrogen) atoms. The van der Waals surface area contributed by atoms with Crippen LogP contribution in [0.5, 0.6) is 0 Å². The van der Waals surface area contributed by atoms with Crippen LogP contribution in [0.1, 0.15) is 46.5 Å². The standard InChI is InChI=1S/C15H26N2O4/c1-4-17(5-2)14(19)10(3)16-13(18)11-8-6-7-9-12(11)15(20)21/h10-12H,4-9H2,1-3H3,(H,16,18)(H,20,21). The quantitative estimate of drug-likeness (QED) is 0.772. The molecule has 6 heteroatoms. The first-order chi connectivity index (χ1) is 9.92. The summed E-state index contributed by atoms with van der Waals surface area (Å²) in [4.78, 5) is 37.3. The molecular weight excluding hydrogens is 272 g/mol. The van der Waals surface area contributed by atoms with Crippen molar-refractivity contribution >= 4 is 17.8 Å². The van der Waals surface area contributed by atoms with Crippen LogP contribution in [0.25, 0.3) is 0 Å². The van der Waals surface area contributed by atoms with Crippen molar-refractivity contribution in [3.8, 4) is 0 Å². The Balaban J connectivity index is 2.66. The number of carboxylic acids is 1. The molecule has 1 fully saturated rings. The first kappa shape index (κ1) is 17.5. The number of carbonyl (C=O) groups excluding carboxylic acids is 2. The molecule has 0 radical (unpaired) electrons. The first-order valence-corrected chi connectivity index (χ1v) is 7.74. The van der Waals surface area contributed by atoms with E-state index in [1.54, 1.807) is 11.8 Å². The summed E-state index contributed by atoms with van der Waals surface area (Å²) in [6.07, 6.45) is 2.82. The lowest BCUT2D eigenvalue weighted by Gasteiger charge is -2.29. The number of amides is 2. The molecule has 0 spiro atoms. The van der Waals surface area contributed by atoms with E-state index in [0.29, 0.717) is 25.9 Å². The van der Waals surface area contributed by atoms with E-state index in [2.05, 4.69) is 5.32 Å². The third-order valence-corrected chi connectivity index (χ3v) is 4.22. The Morgan fingerprint density at radius 3 is 2.14 bits per heavy atom. The predicted molar refractivity (Wildman–Crippen MR) is 78.6 cm³/mol. The lowest BCUT2D eigenvalue weighted by atomic mass is 9.78. The molecule has 120 valence electrons. The average Bonchev–Trinajstić information content (AvgIpc) is 2.48. The molecule has 0 aromatic carbocycles. The van der Waals surface area contributed by atoms with Crippen LogP contribution in [0.15, 0.2) is 0 Å². The molecule has 3 atom stereocenters. The summed E-state index contributed by atoms with van der Waals surface area (Å²) in [5.74, 6) is -2.51. The summed E-state index contributed by atoms with van der Waals surface area (Å²) in [5.41, 5.74) is 0. The molecule has 0 aliphatic heterocycles. The zero-order valence-electron chi connectivity index (χ0n) is 13.1. The van der Waals surface area contributed by atoms with Crippen LogP contribution >= 0.6 is 0 Å². The molecule has 2 N–H and O–H groups in total. The van der Waals surface area contributed by atoms with E-state index in [-0.39, 0.29) is 11.8 Å². The van der Waals surface area contributed by atoms with Crippen LogP contribution in [0.3, 0.4) is 0 Å². The Morgan fingerprint density at radius 2 is 1.67 bits per heavy atom. The van der Waals surface area contributed by atoms with Gasteiger partial charge in [-0.3, -0.25) is 14.4 Å². The molecule has 0 aromatic rings. The van der Waals surface area contributed by atoms with Crippen molar-refractivity contribution in [1.82, 2.24) is 10.2 Å². The number of hydrogen-bond donors (Lipinski definition) is 2. The van der Waals surface area contributed by atoms with Gasteiger partial charge in [0.2, 0.25) is 11.8 Å². The van der Waals surface area contributed by atoms with Crippen molar-refractivity contribution in [1.29, 1.82) is 0 Å². The molecule has 0 saturated heterocycles. The Bertz CT molecular complexity index is 393. The molecule has 0 bridgehead atoms. The number of nitrogens with one attached hydrogen (secondary N) is 1. The lowest BCUT2D eigenvalue weighted by Crippen LogP contribution is -2.50. The predicted octanol–water partition coefficient (Wildman–Crippen LogP) is 1.25. The van der Waals surface area contributed by atoms with Crippen LogP contribution in [0.2, 0.25) is 0 Å². The van der Waals surface area contributed by atoms with Gasteiger partial charge in [0, 0.05) is 13.1 Å². The molecule has 3 unspecified atom stereocenters. The highest BCUT2D eigenvalue weighted by Gasteiger charge is 2.36.